The number of esters is 1. The molecule has 20 nitrogen and oxygen atoms in total. The van der Waals surface area contributed by atoms with Crippen LogP contribution in [0.25, 0.3) is 10.2 Å². The van der Waals surface area contributed by atoms with Gasteiger partial charge in [0.15, 0.2) is 22.2 Å². The minimum atomic E-state index is -1.47. The summed E-state index contributed by atoms with van der Waals surface area (Å²) in [6, 6.07) is 19.8. The Hall–Kier alpha value is -8.45. The molecule has 5 N–H and O–H groups in total. The number of fused-ring (bicyclic) bond motifs is 7. The van der Waals surface area contributed by atoms with Gasteiger partial charge in [-0.3, -0.25) is 24.0 Å². The van der Waals surface area contributed by atoms with E-state index in [1.165, 1.54) is 35.2 Å². The first-order chi connectivity index (χ1) is 36.6. The second kappa shape index (κ2) is 22.4. The fourth-order valence-electron chi connectivity index (χ4n) is 9.87. The van der Waals surface area contributed by atoms with Crippen molar-refractivity contribution in [1.29, 1.82) is 5.26 Å². The minimum Gasteiger partial charge on any atom is -0.508 e. The van der Waals surface area contributed by atoms with Crippen LogP contribution >= 0.6 is 11.3 Å². The number of aromatic hydroxyl groups is 2. The molecule has 1 aromatic heterocycles. The molecule has 0 fully saturated rings. The summed E-state index contributed by atoms with van der Waals surface area (Å²) in [6.07, 6.45) is -1.42. The van der Waals surface area contributed by atoms with Gasteiger partial charge in [0.2, 0.25) is 11.8 Å². The molecule has 3 aliphatic rings. The number of likely N-dealkylation sites (N-methyl/N-ethyl adjacent to an activating group) is 1. The first-order valence-corrected chi connectivity index (χ1v) is 25.4. The molecule has 8 rings (SSSR count). The Balaban J connectivity index is 0.788. The molecule has 0 bridgehead atoms. The molecule has 4 amide bonds. The first-order valence-electron chi connectivity index (χ1n) is 24.6. The number of aromatic nitrogens is 1. The van der Waals surface area contributed by atoms with Crippen LogP contribution in [0.4, 0.5) is 4.79 Å². The smallest absolute Gasteiger partial charge is 0.407 e. The highest BCUT2D eigenvalue weighted by molar-refractivity contribution is 7.19. The highest BCUT2D eigenvalue weighted by Crippen LogP contribution is 2.57. The predicted molar refractivity (Wildman–Crippen MR) is 279 cm³/mol. The van der Waals surface area contributed by atoms with Crippen molar-refractivity contribution in [3.63, 3.8) is 0 Å². The zero-order valence-corrected chi connectivity index (χ0v) is 43.9. The lowest BCUT2D eigenvalue weighted by Crippen LogP contribution is -2.44. The number of carboxylic acid groups (broad SMARTS) is 1. The van der Waals surface area contributed by atoms with E-state index in [-0.39, 0.29) is 133 Å². The number of benzene rings is 4. The van der Waals surface area contributed by atoms with Gasteiger partial charge in [0.1, 0.15) is 29.1 Å². The van der Waals surface area contributed by atoms with Gasteiger partial charge in [-0.1, -0.05) is 26.0 Å². The molecule has 2 aliphatic heterocycles. The van der Waals surface area contributed by atoms with Gasteiger partial charge in [-0.15, -0.1) is 11.3 Å². The zero-order valence-electron chi connectivity index (χ0n) is 43.1. The summed E-state index contributed by atoms with van der Waals surface area (Å²) in [7, 11) is 1.56. The molecular formula is C56H56N6O14S. The lowest BCUT2D eigenvalue weighted by molar-refractivity contribution is -0.134. The van der Waals surface area contributed by atoms with Crippen molar-refractivity contribution in [3.05, 3.63) is 133 Å². The molecule has 5 aromatic rings. The largest absolute Gasteiger partial charge is 0.508 e. The first kappa shape index (κ1) is 54.8. The zero-order chi connectivity index (χ0) is 55.5. The van der Waals surface area contributed by atoms with E-state index in [0.717, 1.165) is 16.2 Å². The molecule has 1 aliphatic carbocycles. The van der Waals surface area contributed by atoms with Gasteiger partial charge in [0.05, 0.1) is 48.2 Å². The van der Waals surface area contributed by atoms with Crippen molar-refractivity contribution in [2.75, 3.05) is 59.7 Å². The Morgan fingerprint density at radius 1 is 0.818 bits per heavy atom. The number of carbonyl (C=O) groups is 7. The molecule has 1 unspecified atom stereocenters. The third-order valence-corrected chi connectivity index (χ3v) is 14.9. The van der Waals surface area contributed by atoms with E-state index in [4.69, 9.17) is 18.9 Å². The molecule has 400 valence electrons. The van der Waals surface area contributed by atoms with E-state index >= 15 is 0 Å². The normalized spacial score (nSPS) is 14.8. The molecule has 3 heterocycles. The standard InChI is InChI=1S/C56H56N6O14S/c1-30-31(2)51(68)49(32(3)50(30)67)55(4,5)27-48(66)61(6)42(33-8-14-41-45(24-33)77-47(28-57)60-41)29-62(54(71)72)18-20-74-22-21-73-19-15-46(65)58-16-17-59-52(69)34-7-11-38-37(23-34)53(70)76-56(38)39-12-9-35(63)25-43(39)75-44-26-36(64)10-13-40(44)56/h7-14,23-26,42,63-64H,15-22,27,29H2,1-6H3,(H,58,65)(H,59,69)(H,71,72). The number of rotatable bonds is 20. The number of Topliss-reactive ketones (excluding diaryl/α,β-unsaturated/α-hetero) is 2. The highest BCUT2D eigenvalue weighted by Gasteiger charge is 2.54. The van der Waals surface area contributed by atoms with Crippen LogP contribution in [0, 0.1) is 16.7 Å². The number of thiazole rings is 1. The van der Waals surface area contributed by atoms with E-state index in [0.29, 0.717) is 43.6 Å². The fraction of sp³-hybridized carbons (Fsp3) is 0.339. The Kier molecular flexibility index (Phi) is 15.9. The predicted octanol–water partition coefficient (Wildman–Crippen LogP) is 6.82. The molecule has 21 heteroatoms. The van der Waals surface area contributed by atoms with Gasteiger partial charge in [-0.2, -0.15) is 5.26 Å². The van der Waals surface area contributed by atoms with Crippen molar-refractivity contribution in [2.24, 2.45) is 5.41 Å². The van der Waals surface area contributed by atoms with Crippen LogP contribution in [0.15, 0.2) is 95.1 Å². The van der Waals surface area contributed by atoms with Crippen LogP contribution in [0.2, 0.25) is 0 Å². The van der Waals surface area contributed by atoms with Gasteiger partial charge in [-0.05, 0) is 74.9 Å². The minimum absolute atomic E-state index is 0.00388. The number of hydrogen-bond acceptors (Lipinski definition) is 16. The third-order valence-electron chi connectivity index (χ3n) is 14.0. The lowest BCUT2D eigenvalue weighted by Gasteiger charge is -2.36. The van der Waals surface area contributed by atoms with E-state index in [2.05, 4.69) is 15.6 Å². The Bertz CT molecular complexity index is 3320. The Morgan fingerprint density at radius 2 is 1.45 bits per heavy atom. The average Bonchev–Trinajstić information content (AvgIpc) is 4.10. The van der Waals surface area contributed by atoms with Gasteiger partial charge in [-0.25, -0.2) is 14.6 Å². The Morgan fingerprint density at radius 3 is 2.12 bits per heavy atom. The number of phenols is 2. The van der Waals surface area contributed by atoms with E-state index < -0.39 is 40.9 Å². The van der Waals surface area contributed by atoms with Crippen LogP contribution in [0.1, 0.15) is 101 Å². The van der Waals surface area contributed by atoms with Crippen LogP contribution < -0.4 is 15.4 Å². The lowest BCUT2D eigenvalue weighted by atomic mass is 9.71. The van der Waals surface area contributed by atoms with E-state index in [9.17, 15) is 54.1 Å². The van der Waals surface area contributed by atoms with Crippen molar-refractivity contribution >= 4 is 62.9 Å². The average molecular weight is 1070 g/mol. The van der Waals surface area contributed by atoms with Crippen LogP contribution in [-0.4, -0.2) is 131 Å². The number of carbonyl (C=O) groups excluding carboxylic acids is 6. The van der Waals surface area contributed by atoms with E-state index in [1.807, 2.05) is 6.07 Å². The molecule has 1 spiro atoms. The monoisotopic (exact) mass is 1070 g/mol. The maximum Gasteiger partial charge on any atom is 0.407 e. The highest BCUT2D eigenvalue weighted by atomic mass is 32.1. The van der Waals surface area contributed by atoms with Crippen LogP contribution in [0.3, 0.4) is 0 Å². The quantitative estimate of drug-likeness (QED) is 0.0304. The fourth-order valence-corrected chi connectivity index (χ4v) is 10.7. The molecular weight excluding hydrogens is 1010 g/mol. The van der Waals surface area contributed by atoms with Crippen molar-refractivity contribution in [3.8, 4) is 29.1 Å². The number of allylic oxidation sites excluding steroid dienone is 4. The summed E-state index contributed by atoms with van der Waals surface area (Å²) in [5.74, 6) is -2.18. The number of ether oxygens (including phenoxy) is 4. The summed E-state index contributed by atoms with van der Waals surface area (Å²) in [5, 5.41) is 45.8. The summed E-state index contributed by atoms with van der Waals surface area (Å²) < 4.78 is 24.0. The molecule has 0 radical (unpaired) electrons. The molecule has 1 atom stereocenters. The number of amides is 4. The SMILES string of the molecule is CC1=C(C)C(=O)C(C(C)(C)CC(=O)N(C)C(CN(CCOCCOCCC(=O)NCCNC(=O)c2ccc3c(c2)C(=O)OC32c3ccc(O)cc3Oc3cc(O)ccc32)C(=O)O)c2ccc3nc(C#N)sc3c2)=C(C)C1=O. The Labute approximate surface area is 446 Å². The third kappa shape index (κ3) is 11.1. The topological polar surface area (TPSA) is 284 Å². The van der Waals surface area contributed by atoms with Crippen molar-refractivity contribution < 1.29 is 67.8 Å². The second-order valence-corrected chi connectivity index (χ2v) is 20.5. The maximum absolute atomic E-state index is 14.2. The summed E-state index contributed by atoms with van der Waals surface area (Å²) in [5.41, 5.74) is 1.52. The maximum atomic E-state index is 14.2. The number of nitrogens with one attached hydrogen (secondary N) is 2. The number of ketones is 2. The summed E-state index contributed by atoms with van der Waals surface area (Å²) in [4.78, 5) is 99.5. The van der Waals surface area contributed by atoms with Crippen LogP contribution in [-0.2, 0) is 39.0 Å². The molecule has 77 heavy (non-hydrogen) atoms. The molecule has 0 saturated carbocycles. The van der Waals surface area contributed by atoms with Gasteiger partial charge >= 0.3 is 12.1 Å². The summed E-state index contributed by atoms with van der Waals surface area (Å²) in [6.45, 7) is 8.38. The summed E-state index contributed by atoms with van der Waals surface area (Å²) >= 11 is 1.16. The van der Waals surface area contributed by atoms with Crippen molar-refractivity contribution in [2.45, 2.75) is 59.1 Å². The number of hydrogen-bond donors (Lipinski definition) is 5. The number of nitriles is 1. The number of phenolic OH excluding ortho intramolecular Hbond substituents is 2. The van der Waals surface area contributed by atoms with Crippen LogP contribution in [0.5, 0.6) is 23.0 Å². The molecule has 0 saturated heterocycles. The van der Waals surface area contributed by atoms with Crippen molar-refractivity contribution in [1.82, 2.24) is 25.4 Å². The number of nitrogens with zero attached hydrogens (tertiary/aromatic N) is 4. The second-order valence-electron chi connectivity index (χ2n) is 19.5. The molecule has 4 aromatic carbocycles. The van der Waals surface area contributed by atoms with E-state index in [1.54, 1.807) is 84.1 Å². The van der Waals surface area contributed by atoms with Gasteiger partial charge in [0.25, 0.3) is 5.91 Å². The van der Waals surface area contributed by atoms with Gasteiger partial charge < -0.3 is 54.7 Å². The van der Waals surface area contributed by atoms with Gasteiger partial charge in [0, 0.05) is 108 Å².